The van der Waals surface area contributed by atoms with Gasteiger partial charge in [0.25, 0.3) is 0 Å². The Morgan fingerprint density at radius 3 is 1.26 bits per heavy atom. The lowest BCUT2D eigenvalue weighted by Crippen LogP contribution is -2.13. The number of hydrogen-bond acceptors (Lipinski definition) is 1. The quantitative estimate of drug-likeness (QED) is 0.141. The third-order valence-electron chi connectivity index (χ3n) is 11.1. The molecule has 0 radical (unpaired) electrons. The smallest absolute Gasteiger partial charge is 0.0624 e. The second-order valence-electron chi connectivity index (χ2n) is 14.5. The van der Waals surface area contributed by atoms with Gasteiger partial charge in [-0.05, 0) is 90.5 Å². The van der Waals surface area contributed by atoms with E-state index in [9.17, 15) is 0 Å². The molecule has 0 N–H and O–H groups in total. The van der Waals surface area contributed by atoms with Crippen LogP contribution in [0.25, 0.3) is 77.2 Å². The largest absolute Gasteiger partial charge is 0.309 e. The van der Waals surface area contributed by atoms with Gasteiger partial charge >= 0.3 is 0 Å². The van der Waals surface area contributed by atoms with Crippen molar-refractivity contribution in [2.24, 2.45) is 0 Å². The molecule has 0 amide bonds. The molecule has 0 heterocycles. The standard InChI is InChI=1S/C56H39N/c1-5-18-40(19-6-1)42-32-34-45(35-33-42)55-52-30-15-13-28-50(52)51-29-14-16-31-53(51)56(55)57(47-27-17-26-46(38-47)41-20-7-2-8-21-41)48-36-37-49(43-22-9-3-10-23-43)54(39-48)44-24-11-4-12-25-44/h1-39H. The zero-order valence-corrected chi connectivity index (χ0v) is 31.5. The maximum atomic E-state index is 2.50. The molecule has 0 bridgehead atoms. The Morgan fingerprint density at radius 2 is 0.649 bits per heavy atom. The van der Waals surface area contributed by atoms with E-state index in [1.807, 2.05) is 0 Å². The molecule has 0 aliphatic heterocycles. The second kappa shape index (κ2) is 15.0. The highest BCUT2D eigenvalue weighted by atomic mass is 15.1. The van der Waals surface area contributed by atoms with Gasteiger partial charge in [0.05, 0.1) is 5.69 Å². The Hall–Kier alpha value is -7.48. The van der Waals surface area contributed by atoms with Gasteiger partial charge < -0.3 is 4.90 Å². The third kappa shape index (κ3) is 6.46. The summed E-state index contributed by atoms with van der Waals surface area (Å²) in [5.74, 6) is 0. The molecule has 0 saturated carbocycles. The van der Waals surface area contributed by atoms with Gasteiger partial charge in [-0.15, -0.1) is 0 Å². The molecule has 0 fully saturated rings. The monoisotopic (exact) mass is 725 g/mol. The lowest BCUT2D eigenvalue weighted by atomic mass is 9.88. The SMILES string of the molecule is c1ccc(-c2ccc(-c3c(N(c4cccc(-c5ccccc5)c4)c4ccc(-c5ccccc5)c(-c5ccccc5)c4)c4ccccc4c4ccccc34)cc2)cc1. The summed E-state index contributed by atoms with van der Waals surface area (Å²) in [5, 5.41) is 4.87. The summed E-state index contributed by atoms with van der Waals surface area (Å²) in [4.78, 5) is 2.50. The van der Waals surface area contributed by atoms with E-state index in [1.54, 1.807) is 0 Å². The number of anilines is 3. The fourth-order valence-electron chi connectivity index (χ4n) is 8.37. The van der Waals surface area contributed by atoms with Crippen LogP contribution < -0.4 is 4.90 Å². The van der Waals surface area contributed by atoms with Crippen molar-refractivity contribution >= 4 is 38.6 Å². The molecule has 0 saturated heterocycles. The van der Waals surface area contributed by atoms with Crippen LogP contribution in [-0.2, 0) is 0 Å². The Labute approximate surface area is 334 Å². The van der Waals surface area contributed by atoms with Crippen molar-refractivity contribution in [2.75, 3.05) is 4.90 Å². The van der Waals surface area contributed by atoms with Gasteiger partial charge in [0.1, 0.15) is 0 Å². The number of nitrogens with zero attached hydrogens (tertiary/aromatic N) is 1. The van der Waals surface area contributed by atoms with Crippen molar-refractivity contribution in [3.8, 4) is 55.6 Å². The number of rotatable bonds is 8. The van der Waals surface area contributed by atoms with Crippen LogP contribution in [0.2, 0.25) is 0 Å². The predicted molar refractivity (Wildman–Crippen MR) is 243 cm³/mol. The van der Waals surface area contributed by atoms with Crippen LogP contribution in [0.1, 0.15) is 0 Å². The minimum Gasteiger partial charge on any atom is -0.309 e. The minimum absolute atomic E-state index is 1.08. The summed E-state index contributed by atoms with van der Waals surface area (Å²) in [7, 11) is 0. The molecule has 0 aliphatic carbocycles. The zero-order chi connectivity index (χ0) is 38.0. The van der Waals surface area contributed by atoms with Crippen molar-refractivity contribution < 1.29 is 0 Å². The molecule has 0 aromatic heterocycles. The van der Waals surface area contributed by atoms with Gasteiger partial charge in [-0.1, -0.05) is 212 Å². The highest BCUT2D eigenvalue weighted by Crippen LogP contribution is 2.51. The lowest BCUT2D eigenvalue weighted by molar-refractivity contribution is 1.30. The minimum atomic E-state index is 1.08. The number of hydrogen-bond donors (Lipinski definition) is 0. The number of benzene rings is 10. The molecule has 57 heavy (non-hydrogen) atoms. The van der Waals surface area contributed by atoms with Crippen LogP contribution in [0.3, 0.4) is 0 Å². The average molecular weight is 726 g/mol. The van der Waals surface area contributed by atoms with Crippen molar-refractivity contribution in [1.82, 2.24) is 0 Å². The van der Waals surface area contributed by atoms with Crippen LogP contribution in [0.4, 0.5) is 17.1 Å². The summed E-state index contributed by atoms with van der Waals surface area (Å²) < 4.78 is 0. The first-order chi connectivity index (χ1) is 28.3. The van der Waals surface area contributed by atoms with Crippen LogP contribution in [0.5, 0.6) is 0 Å². The maximum absolute atomic E-state index is 2.50. The molecule has 10 rings (SSSR count). The van der Waals surface area contributed by atoms with E-state index >= 15 is 0 Å². The molecule has 268 valence electrons. The second-order valence-corrected chi connectivity index (χ2v) is 14.5. The summed E-state index contributed by atoms with van der Waals surface area (Å²) >= 11 is 0. The van der Waals surface area contributed by atoms with Gasteiger partial charge in [0.2, 0.25) is 0 Å². The Morgan fingerprint density at radius 1 is 0.228 bits per heavy atom. The molecule has 10 aromatic carbocycles. The van der Waals surface area contributed by atoms with Crippen molar-refractivity contribution in [3.05, 3.63) is 237 Å². The molecule has 0 aliphatic rings. The normalized spacial score (nSPS) is 11.2. The van der Waals surface area contributed by atoms with E-state index in [0.717, 1.165) is 17.1 Å². The summed E-state index contributed by atoms with van der Waals surface area (Å²) in [6.07, 6.45) is 0. The van der Waals surface area contributed by atoms with E-state index in [2.05, 4.69) is 241 Å². The Balaban J connectivity index is 1.30. The zero-order valence-electron chi connectivity index (χ0n) is 31.5. The molecule has 0 unspecified atom stereocenters. The molecule has 1 heteroatoms. The van der Waals surface area contributed by atoms with E-state index < -0.39 is 0 Å². The van der Waals surface area contributed by atoms with Gasteiger partial charge in [0, 0.05) is 22.3 Å². The van der Waals surface area contributed by atoms with Crippen LogP contribution in [-0.4, -0.2) is 0 Å². The third-order valence-corrected chi connectivity index (χ3v) is 11.1. The first kappa shape index (κ1) is 34.0. The fourth-order valence-corrected chi connectivity index (χ4v) is 8.37. The van der Waals surface area contributed by atoms with Gasteiger partial charge in [-0.25, -0.2) is 0 Å². The molecular formula is C56H39N. The predicted octanol–water partition coefficient (Wildman–Crippen LogP) is 15.8. The van der Waals surface area contributed by atoms with Gasteiger partial charge in [0.15, 0.2) is 0 Å². The van der Waals surface area contributed by atoms with E-state index in [4.69, 9.17) is 0 Å². The van der Waals surface area contributed by atoms with Crippen LogP contribution >= 0.6 is 0 Å². The molecule has 0 atom stereocenters. The first-order valence-corrected chi connectivity index (χ1v) is 19.6. The first-order valence-electron chi connectivity index (χ1n) is 19.6. The molecule has 1 nitrogen and oxygen atoms in total. The Bertz CT molecular complexity index is 2970. The average Bonchev–Trinajstić information content (AvgIpc) is 3.30. The highest BCUT2D eigenvalue weighted by molar-refractivity contribution is 6.22. The van der Waals surface area contributed by atoms with Gasteiger partial charge in [-0.3, -0.25) is 0 Å². The Kier molecular flexibility index (Phi) is 8.95. The summed E-state index contributed by atoms with van der Waals surface area (Å²) in [6, 6.07) is 85.8. The number of fused-ring (bicyclic) bond motifs is 3. The summed E-state index contributed by atoms with van der Waals surface area (Å²) in [6.45, 7) is 0. The molecule has 10 aromatic rings. The lowest BCUT2D eigenvalue weighted by Gasteiger charge is -2.31. The van der Waals surface area contributed by atoms with Crippen molar-refractivity contribution in [2.45, 2.75) is 0 Å². The molecule has 0 spiro atoms. The maximum Gasteiger partial charge on any atom is 0.0624 e. The van der Waals surface area contributed by atoms with Crippen molar-refractivity contribution in [1.29, 1.82) is 0 Å². The van der Waals surface area contributed by atoms with E-state index in [1.165, 1.54) is 77.2 Å². The van der Waals surface area contributed by atoms with Gasteiger partial charge in [-0.2, -0.15) is 0 Å². The van der Waals surface area contributed by atoms with Crippen LogP contribution in [0.15, 0.2) is 237 Å². The highest BCUT2D eigenvalue weighted by Gasteiger charge is 2.25. The van der Waals surface area contributed by atoms with E-state index in [-0.39, 0.29) is 0 Å². The van der Waals surface area contributed by atoms with Crippen LogP contribution in [0, 0.1) is 0 Å². The van der Waals surface area contributed by atoms with Crippen molar-refractivity contribution in [3.63, 3.8) is 0 Å². The summed E-state index contributed by atoms with van der Waals surface area (Å²) in [5.41, 5.74) is 15.2. The fraction of sp³-hybridized carbons (Fsp3) is 0. The van der Waals surface area contributed by atoms with E-state index in [0.29, 0.717) is 0 Å². The molecular weight excluding hydrogens is 687 g/mol. The topological polar surface area (TPSA) is 3.24 Å².